The first-order chi connectivity index (χ1) is 29.5. The summed E-state index contributed by atoms with van der Waals surface area (Å²) in [6.45, 7) is 10.8. The molecule has 2 rings (SSSR count). The molecule has 2 fully saturated rings. The second-order valence-electron chi connectivity index (χ2n) is 15.1. The number of aliphatic hydroxyl groups excluding tert-OH is 2. The van der Waals surface area contributed by atoms with Crippen LogP contribution in [0.25, 0.3) is 0 Å². The van der Waals surface area contributed by atoms with Gasteiger partial charge < -0.3 is 67.4 Å². The van der Waals surface area contributed by atoms with Crippen LogP contribution in [-0.2, 0) is 57.0 Å². The summed E-state index contributed by atoms with van der Waals surface area (Å²) in [5, 5.41) is 19.2. The molecule has 0 aromatic carbocycles. The van der Waals surface area contributed by atoms with Gasteiger partial charge in [0.05, 0.1) is 52.9 Å². The maximum absolute atomic E-state index is 12.3. The van der Waals surface area contributed by atoms with Crippen molar-refractivity contribution in [2.45, 2.75) is 58.8 Å². The minimum Gasteiger partial charge on any atom is -0.464 e. The Morgan fingerprint density at radius 2 is 0.836 bits per heavy atom. The number of thioether (sulfide) groups is 2. The molecule has 0 spiro atoms. The van der Waals surface area contributed by atoms with E-state index >= 15 is 0 Å². The molecule has 20 heteroatoms. The first kappa shape index (κ1) is 56.9. The van der Waals surface area contributed by atoms with Gasteiger partial charge in [-0.1, -0.05) is 19.3 Å². The van der Waals surface area contributed by atoms with E-state index in [4.69, 9.17) is 47.4 Å². The Hall–Kier alpha value is -2.14. The molecule has 2 saturated heterocycles. The van der Waals surface area contributed by atoms with E-state index in [-0.39, 0.29) is 52.9 Å². The monoisotopic (exact) mass is 916 g/mol. The molecule has 2 N–H and O–H groups in total. The van der Waals surface area contributed by atoms with E-state index in [0.717, 1.165) is 24.6 Å². The van der Waals surface area contributed by atoms with E-state index in [1.165, 1.54) is 85.0 Å². The largest absolute Gasteiger partial charge is 0.508 e. The van der Waals surface area contributed by atoms with Gasteiger partial charge >= 0.3 is 24.2 Å². The summed E-state index contributed by atoms with van der Waals surface area (Å²) < 4.78 is 50.1. The number of carbonyl (C=O) groups excluding carboxylic acids is 4. The summed E-state index contributed by atoms with van der Waals surface area (Å²) >= 11 is 3.48. The highest BCUT2D eigenvalue weighted by atomic mass is 32.2. The molecule has 61 heavy (non-hydrogen) atoms. The molecule has 0 radical (unpaired) electrons. The summed E-state index contributed by atoms with van der Waals surface area (Å²) in [5.74, 6) is 2.18. The minimum absolute atomic E-state index is 0.0253. The van der Waals surface area contributed by atoms with Gasteiger partial charge in [0, 0.05) is 50.3 Å². The molecule has 0 bridgehead atoms. The zero-order valence-electron chi connectivity index (χ0n) is 37.2. The van der Waals surface area contributed by atoms with E-state index in [1.807, 2.05) is 0 Å². The fourth-order valence-electron chi connectivity index (χ4n) is 5.58. The number of esters is 2. The lowest BCUT2D eigenvalue weighted by Gasteiger charge is -2.26. The molecule has 0 aromatic heterocycles. The number of ether oxygens (including phenoxy) is 10. The molecule has 2 heterocycles. The lowest BCUT2D eigenvalue weighted by atomic mass is 9.93. The predicted molar refractivity (Wildman–Crippen MR) is 232 cm³/mol. The standard InChI is InChI=1S/C21H39NO8S.C20H37NO8S/c1-21(17-23,18-30-20(25)29-13-12-27-11-10-26-2)19(24)28-14-16-31-15-9-22-7-5-3-4-6-8-22;1-20(16-22,17-29-19(24)28-12-11-26-10-9-25-2)18(23)27-13-15-30-14-8-21-6-4-3-5-7-21/h23H,3-18H2,1-2H3;22H,3-17H2,1-2H3. The number of piperidine rings is 1. The summed E-state index contributed by atoms with van der Waals surface area (Å²) in [6, 6.07) is 0. The third-order valence-corrected chi connectivity index (χ3v) is 11.5. The van der Waals surface area contributed by atoms with Gasteiger partial charge in [-0.25, -0.2) is 9.59 Å². The molecule has 0 saturated carbocycles. The Morgan fingerprint density at radius 3 is 1.20 bits per heavy atom. The molecule has 0 aliphatic carbocycles. The van der Waals surface area contributed by atoms with Crippen LogP contribution < -0.4 is 0 Å². The Labute approximate surface area is 371 Å². The van der Waals surface area contributed by atoms with Crippen molar-refractivity contribution in [1.29, 1.82) is 0 Å². The third-order valence-electron chi connectivity index (χ3n) is 9.63. The van der Waals surface area contributed by atoms with E-state index in [2.05, 4.69) is 9.80 Å². The molecule has 0 amide bonds. The summed E-state index contributed by atoms with van der Waals surface area (Å²) in [4.78, 5) is 52.8. The highest BCUT2D eigenvalue weighted by Crippen LogP contribution is 2.21. The summed E-state index contributed by atoms with van der Waals surface area (Å²) in [5.41, 5.74) is -2.66. The molecule has 358 valence electrons. The molecule has 0 aromatic rings. The normalized spacial score (nSPS) is 16.8. The van der Waals surface area contributed by atoms with Crippen LogP contribution >= 0.6 is 23.5 Å². The number of aliphatic hydroxyl groups is 2. The SMILES string of the molecule is COCCOCCOC(=O)OCC(C)(CO)C(=O)OCCSCCN1CCCCC1.COCCOCCOC(=O)OCC(C)(CO)C(=O)OCCSCCN1CCCCCC1. The van der Waals surface area contributed by atoms with Gasteiger partial charge in [0.25, 0.3) is 0 Å². The van der Waals surface area contributed by atoms with Crippen molar-refractivity contribution in [3.05, 3.63) is 0 Å². The smallest absolute Gasteiger partial charge is 0.464 e. The number of rotatable bonds is 32. The topological polar surface area (TPSA) is 208 Å². The first-order valence-corrected chi connectivity index (χ1v) is 23.7. The van der Waals surface area contributed by atoms with Gasteiger partial charge in [0.15, 0.2) is 0 Å². The molecule has 2 unspecified atom stereocenters. The number of hydrogen-bond donors (Lipinski definition) is 2. The predicted octanol–water partition coefficient (Wildman–Crippen LogP) is 3.52. The van der Waals surface area contributed by atoms with Crippen molar-refractivity contribution >= 4 is 47.8 Å². The summed E-state index contributed by atoms with van der Waals surface area (Å²) in [6.07, 6.45) is 7.24. The summed E-state index contributed by atoms with van der Waals surface area (Å²) in [7, 11) is 3.13. The van der Waals surface area contributed by atoms with Gasteiger partial charge in [-0.3, -0.25) is 9.59 Å². The van der Waals surface area contributed by atoms with Crippen molar-refractivity contribution in [3.63, 3.8) is 0 Å². The average molecular weight is 917 g/mol. The van der Waals surface area contributed by atoms with Gasteiger partial charge in [0.1, 0.15) is 50.5 Å². The van der Waals surface area contributed by atoms with Crippen molar-refractivity contribution in [3.8, 4) is 0 Å². The molecule has 2 aliphatic heterocycles. The zero-order valence-corrected chi connectivity index (χ0v) is 38.9. The quantitative estimate of drug-likeness (QED) is 0.0562. The van der Waals surface area contributed by atoms with Crippen molar-refractivity contribution < 1.29 is 76.8 Å². The minimum atomic E-state index is -1.33. The maximum Gasteiger partial charge on any atom is 0.508 e. The van der Waals surface area contributed by atoms with Crippen molar-refractivity contribution in [1.82, 2.24) is 9.80 Å². The lowest BCUT2D eigenvalue weighted by molar-refractivity contribution is -0.161. The number of likely N-dealkylation sites (tertiary alicyclic amines) is 2. The Bertz CT molecular complexity index is 1130. The van der Waals surface area contributed by atoms with E-state index in [1.54, 1.807) is 37.7 Å². The van der Waals surface area contributed by atoms with Crippen LogP contribution in [0.2, 0.25) is 0 Å². The molecule has 2 aliphatic rings. The highest BCUT2D eigenvalue weighted by Gasteiger charge is 2.37. The Balaban J connectivity index is 0.000000610. The van der Waals surface area contributed by atoms with Gasteiger partial charge in [-0.2, -0.15) is 23.5 Å². The van der Waals surface area contributed by atoms with Crippen molar-refractivity contribution in [2.75, 3.05) is 169 Å². The van der Waals surface area contributed by atoms with E-state index in [0.29, 0.717) is 37.9 Å². The fourth-order valence-corrected chi connectivity index (χ4v) is 7.17. The number of nitrogens with zero attached hydrogens (tertiary/aromatic N) is 2. The van der Waals surface area contributed by atoms with Crippen LogP contribution in [-0.4, -0.2) is 213 Å². The van der Waals surface area contributed by atoms with Crippen LogP contribution in [0.4, 0.5) is 9.59 Å². The Kier molecular flexibility index (Phi) is 34.7. The highest BCUT2D eigenvalue weighted by molar-refractivity contribution is 7.99. The van der Waals surface area contributed by atoms with Crippen LogP contribution in [0.15, 0.2) is 0 Å². The maximum atomic E-state index is 12.3. The van der Waals surface area contributed by atoms with Gasteiger partial charge in [-0.05, 0) is 65.7 Å². The molecular formula is C41H76N2O16S2. The Morgan fingerprint density at radius 1 is 0.475 bits per heavy atom. The molecule has 18 nitrogen and oxygen atoms in total. The molecular weight excluding hydrogens is 841 g/mol. The van der Waals surface area contributed by atoms with Crippen LogP contribution in [0.5, 0.6) is 0 Å². The average Bonchev–Trinajstić information content (AvgIpc) is 3.56. The fraction of sp³-hybridized carbons (Fsp3) is 0.902. The second kappa shape index (κ2) is 37.3. The van der Waals surface area contributed by atoms with E-state index in [9.17, 15) is 29.4 Å². The van der Waals surface area contributed by atoms with Gasteiger partial charge in [-0.15, -0.1) is 0 Å². The zero-order chi connectivity index (χ0) is 44.9. The first-order valence-electron chi connectivity index (χ1n) is 21.4. The van der Waals surface area contributed by atoms with Crippen LogP contribution in [0.3, 0.4) is 0 Å². The van der Waals surface area contributed by atoms with Crippen molar-refractivity contribution in [2.24, 2.45) is 10.8 Å². The number of hydrogen-bond acceptors (Lipinski definition) is 20. The third kappa shape index (κ3) is 29.0. The van der Waals surface area contributed by atoms with E-state index < -0.39 is 48.3 Å². The van der Waals surface area contributed by atoms with Crippen LogP contribution in [0, 0.1) is 10.8 Å². The number of carbonyl (C=O) groups is 4. The second-order valence-corrected chi connectivity index (χ2v) is 17.5. The number of methoxy groups -OCH3 is 2. The molecule has 2 atom stereocenters. The van der Waals surface area contributed by atoms with Crippen LogP contribution in [0.1, 0.15) is 58.8 Å². The van der Waals surface area contributed by atoms with Gasteiger partial charge in [0.2, 0.25) is 0 Å². The lowest BCUT2D eigenvalue weighted by Crippen LogP contribution is -2.39.